The minimum Gasteiger partial charge on any atom is -0.478 e. The van der Waals surface area contributed by atoms with Crippen LogP contribution in [0.25, 0.3) is 0 Å². The van der Waals surface area contributed by atoms with E-state index in [0.29, 0.717) is 22.1 Å². The Morgan fingerprint density at radius 1 is 0.951 bits per heavy atom. The Kier molecular flexibility index (Phi) is 9.04. The number of likely N-dealkylation sites (tertiary alicyclic amines) is 1. The standard InChI is InChI=1S/C32H34ClNO6S/c1-18-15-23(9-12-27(18)33)39-31(38)34-16-25(26(17-34)28(35)21-7-10-24(41-6)11-8-21)22-13-19(2)29(20(3)14-22)40-32(4,5)30(36)37/h7-15,25-26H,16-17H2,1-6H3,(H,36,37)/t25-,26+/m0/s1. The molecular formula is C32H34ClNO6S. The van der Waals surface area contributed by atoms with Crippen LogP contribution in [-0.2, 0) is 4.79 Å². The highest BCUT2D eigenvalue weighted by Gasteiger charge is 2.42. The first-order chi connectivity index (χ1) is 19.3. The molecule has 3 aromatic rings. The second-order valence-corrected chi connectivity index (χ2v) is 12.2. The van der Waals surface area contributed by atoms with Crippen molar-refractivity contribution in [3.05, 3.63) is 87.4 Å². The van der Waals surface area contributed by atoms with E-state index in [0.717, 1.165) is 27.1 Å². The van der Waals surface area contributed by atoms with Gasteiger partial charge in [0.05, 0.1) is 0 Å². The van der Waals surface area contributed by atoms with Crippen molar-refractivity contribution >= 4 is 41.2 Å². The number of hydrogen-bond donors (Lipinski definition) is 1. The third kappa shape index (κ3) is 6.71. The lowest BCUT2D eigenvalue weighted by atomic mass is 9.82. The van der Waals surface area contributed by atoms with Gasteiger partial charge in [-0.1, -0.05) is 35.9 Å². The molecule has 1 saturated heterocycles. The van der Waals surface area contributed by atoms with Gasteiger partial charge < -0.3 is 19.5 Å². The first kappa shape index (κ1) is 30.5. The highest BCUT2D eigenvalue weighted by atomic mass is 35.5. The van der Waals surface area contributed by atoms with Crippen LogP contribution in [0, 0.1) is 26.7 Å². The molecule has 4 rings (SSSR count). The molecule has 1 aliphatic heterocycles. The third-order valence-corrected chi connectivity index (χ3v) is 8.57. The van der Waals surface area contributed by atoms with Crippen molar-refractivity contribution in [3.63, 3.8) is 0 Å². The molecule has 0 aromatic heterocycles. The second-order valence-electron chi connectivity index (χ2n) is 10.9. The number of ether oxygens (including phenoxy) is 2. The lowest BCUT2D eigenvalue weighted by Gasteiger charge is -2.26. The number of carbonyl (C=O) groups excluding carboxylic acids is 2. The monoisotopic (exact) mass is 595 g/mol. The molecule has 1 fully saturated rings. The minimum atomic E-state index is -1.41. The molecule has 1 N–H and O–H groups in total. The number of carbonyl (C=O) groups is 3. The summed E-state index contributed by atoms with van der Waals surface area (Å²) in [7, 11) is 0. The Balaban J connectivity index is 1.67. The largest absolute Gasteiger partial charge is 0.478 e. The van der Waals surface area contributed by atoms with E-state index in [1.54, 1.807) is 34.9 Å². The first-order valence-electron chi connectivity index (χ1n) is 13.3. The zero-order chi connectivity index (χ0) is 30.1. The fourth-order valence-corrected chi connectivity index (χ4v) is 5.56. The molecule has 2 atom stereocenters. The van der Waals surface area contributed by atoms with Crippen LogP contribution in [-0.4, -0.2) is 52.8 Å². The molecular weight excluding hydrogens is 562 g/mol. The summed E-state index contributed by atoms with van der Waals surface area (Å²) < 4.78 is 11.6. The highest BCUT2D eigenvalue weighted by Crippen LogP contribution is 2.39. The van der Waals surface area contributed by atoms with Crippen molar-refractivity contribution in [3.8, 4) is 11.5 Å². The lowest BCUT2D eigenvalue weighted by molar-refractivity contribution is -0.152. The van der Waals surface area contributed by atoms with Crippen molar-refractivity contribution in [2.24, 2.45) is 5.92 Å². The van der Waals surface area contributed by atoms with Crippen molar-refractivity contribution in [2.75, 3.05) is 19.3 Å². The average Bonchev–Trinajstić information content (AvgIpc) is 3.38. The number of carboxylic acid groups (broad SMARTS) is 1. The fraction of sp³-hybridized carbons (Fsp3) is 0.344. The van der Waals surface area contributed by atoms with Gasteiger partial charge in [0.1, 0.15) is 11.5 Å². The summed E-state index contributed by atoms with van der Waals surface area (Å²) in [6.07, 6.45) is 1.44. The maximum atomic E-state index is 13.8. The number of Topliss-reactive ketones (excluding diaryl/α,β-unsaturated/α-hetero) is 1. The number of aliphatic carboxylic acids is 1. The van der Waals surface area contributed by atoms with Gasteiger partial charge in [-0.3, -0.25) is 4.79 Å². The molecule has 3 aromatic carbocycles. The highest BCUT2D eigenvalue weighted by molar-refractivity contribution is 7.98. The van der Waals surface area contributed by atoms with Gasteiger partial charge >= 0.3 is 12.1 Å². The topological polar surface area (TPSA) is 93.1 Å². The third-order valence-electron chi connectivity index (χ3n) is 7.41. The molecule has 216 valence electrons. The van der Waals surface area contributed by atoms with Crippen LogP contribution in [0.3, 0.4) is 0 Å². The van der Waals surface area contributed by atoms with Crippen LogP contribution in [0.4, 0.5) is 4.79 Å². The van der Waals surface area contributed by atoms with Crippen molar-refractivity contribution in [1.82, 2.24) is 4.90 Å². The molecule has 0 saturated carbocycles. The van der Waals surface area contributed by atoms with Crippen molar-refractivity contribution in [2.45, 2.75) is 51.0 Å². The van der Waals surface area contributed by atoms with Gasteiger partial charge in [-0.2, -0.15) is 0 Å². The van der Waals surface area contributed by atoms with Gasteiger partial charge in [-0.05, 0) is 93.5 Å². The van der Waals surface area contributed by atoms with Crippen molar-refractivity contribution in [1.29, 1.82) is 0 Å². The molecule has 0 aliphatic carbocycles. The van der Waals surface area contributed by atoms with Gasteiger partial charge in [0, 0.05) is 40.4 Å². The van der Waals surface area contributed by atoms with E-state index >= 15 is 0 Å². The Morgan fingerprint density at radius 2 is 1.59 bits per heavy atom. The second kappa shape index (κ2) is 12.2. The molecule has 1 amide bonds. The summed E-state index contributed by atoms with van der Waals surface area (Å²) in [4.78, 5) is 41.4. The summed E-state index contributed by atoms with van der Waals surface area (Å²) in [6, 6.07) is 16.3. The van der Waals surface area contributed by atoms with Gasteiger partial charge in [0.25, 0.3) is 0 Å². The van der Waals surface area contributed by atoms with Gasteiger partial charge in [-0.15, -0.1) is 11.8 Å². The predicted molar refractivity (Wildman–Crippen MR) is 161 cm³/mol. The summed E-state index contributed by atoms with van der Waals surface area (Å²) in [5.74, 6) is -1.06. The lowest BCUT2D eigenvalue weighted by Crippen LogP contribution is -2.38. The maximum Gasteiger partial charge on any atom is 0.415 e. The van der Waals surface area contributed by atoms with E-state index < -0.39 is 23.6 Å². The normalized spacial score (nSPS) is 16.9. The van der Waals surface area contributed by atoms with Gasteiger partial charge in [0.2, 0.25) is 0 Å². The van der Waals surface area contributed by atoms with Crippen LogP contribution in [0.5, 0.6) is 11.5 Å². The maximum absolute atomic E-state index is 13.8. The number of rotatable bonds is 8. The number of hydrogen-bond acceptors (Lipinski definition) is 6. The number of carboxylic acids is 1. The Bertz CT molecular complexity index is 1460. The molecule has 1 heterocycles. The number of thioether (sulfide) groups is 1. The Morgan fingerprint density at radius 3 is 2.15 bits per heavy atom. The van der Waals surface area contributed by atoms with E-state index in [9.17, 15) is 19.5 Å². The number of halogens is 1. The molecule has 0 bridgehead atoms. The summed E-state index contributed by atoms with van der Waals surface area (Å²) in [5, 5.41) is 10.1. The zero-order valence-electron chi connectivity index (χ0n) is 24.0. The Labute approximate surface area is 249 Å². The first-order valence-corrected chi connectivity index (χ1v) is 14.9. The summed E-state index contributed by atoms with van der Waals surface area (Å²) in [6.45, 7) is 9.02. The van der Waals surface area contributed by atoms with E-state index in [4.69, 9.17) is 21.1 Å². The average molecular weight is 596 g/mol. The van der Waals surface area contributed by atoms with Gasteiger partial charge in [0.15, 0.2) is 11.4 Å². The van der Waals surface area contributed by atoms with E-state index in [-0.39, 0.29) is 24.8 Å². The van der Waals surface area contributed by atoms with E-state index in [1.807, 2.05) is 63.4 Å². The van der Waals surface area contributed by atoms with Crippen LogP contribution in [0.1, 0.15) is 52.4 Å². The molecule has 7 nitrogen and oxygen atoms in total. The quantitative estimate of drug-likeness (QED) is 0.215. The fourth-order valence-electron chi connectivity index (χ4n) is 5.03. The van der Waals surface area contributed by atoms with Crippen LogP contribution < -0.4 is 9.47 Å². The molecule has 0 radical (unpaired) electrons. The van der Waals surface area contributed by atoms with Crippen LogP contribution in [0.15, 0.2) is 59.5 Å². The van der Waals surface area contributed by atoms with Crippen LogP contribution >= 0.6 is 23.4 Å². The number of aryl methyl sites for hydroxylation is 3. The molecule has 1 aliphatic rings. The Hall–Kier alpha value is -3.49. The SMILES string of the molecule is CSc1ccc(C(=O)[C@@H]2CN(C(=O)Oc3ccc(Cl)c(C)c3)C[C@H]2c2cc(C)c(OC(C)(C)C(=O)O)c(C)c2)cc1. The van der Waals surface area contributed by atoms with Gasteiger partial charge in [-0.25, -0.2) is 9.59 Å². The summed E-state index contributed by atoms with van der Waals surface area (Å²) >= 11 is 7.72. The molecule has 9 heteroatoms. The number of amides is 1. The minimum absolute atomic E-state index is 0.0528. The zero-order valence-corrected chi connectivity index (χ0v) is 25.6. The van der Waals surface area contributed by atoms with Crippen molar-refractivity contribution < 1.29 is 29.0 Å². The molecule has 0 spiro atoms. The van der Waals surface area contributed by atoms with Crippen LogP contribution in [0.2, 0.25) is 5.02 Å². The molecule has 41 heavy (non-hydrogen) atoms. The number of benzene rings is 3. The smallest absolute Gasteiger partial charge is 0.415 e. The summed E-state index contributed by atoms with van der Waals surface area (Å²) in [5.41, 5.74) is 2.34. The number of nitrogens with zero attached hydrogens (tertiary/aromatic N) is 1. The molecule has 0 unspecified atom stereocenters. The van der Waals surface area contributed by atoms with E-state index in [1.165, 1.54) is 13.8 Å². The number of ketones is 1. The van der Waals surface area contributed by atoms with E-state index in [2.05, 4.69) is 0 Å². The predicted octanol–water partition coefficient (Wildman–Crippen LogP) is 7.33.